The van der Waals surface area contributed by atoms with Crippen molar-refractivity contribution in [3.05, 3.63) is 52.9 Å². The van der Waals surface area contributed by atoms with E-state index in [0.717, 1.165) is 11.4 Å². The fourth-order valence-electron chi connectivity index (χ4n) is 6.04. The standard InChI is InChI=1S/C26H31N5O2/c1-25-9-10-26(2,16-25)14-19(13-25)30(3)23-8-7-21(28-29-23)20-6-5-17(11-22(20)32)18-12-24(33)31(4)27-15-18/h5-8,11-12,15,19,32H,9-10,13-14,16H2,1-4H3/t19?,25-,26+. The second-order valence-corrected chi connectivity index (χ2v) is 10.7. The summed E-state index contributed by atoms with van der Waals surface area (Å²) in [6.45, 7) is 4.87. The molecule has 2 saturated carbocycles. The van der Waals surface area contributed by atoms with Gasteiger partial charge in [-0.3, -0.25) is 4.79 Å². The molecule has 0 aliphatic heterocycles. The zero-order valence-electron chi connectivity index (χ0n) is 19.7. The zero-order chi connectivity index (χ0) is 23.4. The summed E-state index contributed by atoms with van der Waals surface area (Å²) in [7, 11) is 3.72. The monoisotopic (exact) mass is 445 g/mol. The third kappa shape index (κ3) is 4.01. The summed E-state index contributed by atoms with van der Waals surface area (Å²) >= 11 is 0. The van der Waals surface area contributed by atoms with Crippen LogP contribution >= 0.6 is 0 Å². The molecule has 2 bridgehead atoms. The van der Waals surface area contributed by atoms with Gasteiger partial charge in [0, 0.05) is 37.3 Å². The zero-order valence-corrected chi connectivity index (χ0v) is 19.7. The highest BCUT2D eigenvalue weighted by Crippen LogP contribution is 2.58. The van der Waals surface area contributed by atoms with Crippen molar-refractivity contribution in [2.24, 2.45) is 17.9 Å². The van der Waals surface area contributed by atoms with Crippen molar-refractivity contribution in [2.75, 3.05) is 11.9 Å². The van der Waals surface area contributed by atoms with Crippen LogP contribution in [0.4, 0.5) is 5.82 Å². The maximum atomic E-state index is 11.9. The minimum atomic E-state index is -0.199. The second-order valence-electron chi connectivity index (χ2n) is 10.7. The highest BCUT2D eigenvalue weighted by Gasteiger charge is 2.49. The molecule has 7 nitrogen and oxygen atoms in total. The number of phenols is 1. The quantitative estimate of drug-likeness (QED) is 0.641. The Morgan fingerprint density at radius 3 is 2.36 bits per heavy atom. The lowest BCUT2D eigenvalue weighted by molar-refractivity contribution is 0.148. The molecular weight excluding hydrogens is 414 g/mol. The van der Waals surface area contributed by atoms with Crippen molar-refractivity contribution in [1.82, 2.24) is 20.0 Å². The van der Waals surface area contributed by atoms with Gasteiger partial charge in [0.1, 0.15) is 5.75 Å². The first-order valence-corrected chi connectivity index (χ1v) is 11.6. The lowest BCUT2D eigenvalue weighted by Gasteiger charge is -2.44. The van der Waals surface area contributed by atoms with Crippen LogP contribution < -0.4 is 10.5 Å². The van der Waals surface area contributed by atoms with Gasteiger partial charge in [0.2, 0.25) is 0 Å². The van der Waals surface area contributed by atoms with Crippen molar-refractivity contribution in [3.8, 4) is 28.1 Å². The molecule has 2 fully saturated rings. The largest absolute Gasteiger partial charge is 0.507 e. The molecule has 172 valence electrons. The Bertz CT molecular complexity index is 1240. The molecule has 7 heteroatoms. The molecule has 5 rings (SSSR count). The van der Waals surface area contributed by atoms with Gasteiger partial charge in [-0.2, -0.15) is 5.10 Å². The average molecular weight is 446 g/mol. The van der Waals surface area contributed by atoms with Gasteiger partial charge in [-0.25, -0.2) is 4.68 Å². The maximum Gasteiger partial charge on any atom is 0.267 e. The Kier molecular flexibility index (Phi) is 5.03. The number of hydrogen-bond acceptors (Lipinski definition) is 6. The fraction of sp³-hybridized carbons (Fsp3) is 0.462. The number of nitrogens with zero attached hydrogens (tertiary/aromatic N) is 5. The number of anilines is 1. The van der Waals surface area contributed by atoms with Gasteiger partial charge in [0.15, 0.2) is 5.82 Å². The van der Waals surface area contributed by atoms with Gasteiger partial charge in [-0.15, -0.1) is 10.2 Å². The van der Waals surface area contributed by atoms with Crippen LogP contribution in [0.3, 0.4) is 0 Å². The molecule has 0 radical (unpaired) electrons. The molecule has 0 amide bonds. The van der Waals surface area contributed by atoms with Crippen LogP contribution in [-0.4, -0.2) is 38.2 Å². The fourth-order valence-corrected chi connectivity index (χ4v) is 6.04. The first-order chi connectivity index (χ1) is 15.6. The van der Waals surface area contributed by atoms with Crippen LogP contribution in [0.25, 0.3) is 22.4 Å². The summed E-state index contributed by atoms with van der Waals surface area (Å²) in [4.78, 5) is 14.2. The molecule has 3 aromatic rings. The van der Waals surface area contributed by atoms with Gasteiger partial charge in [-0.05, 0) is 72.8 Å². The molecule has 1 unspecified atom stereocenters. The van der Waals surface area contributed by atoms with E-state index in [2.05, 4.69) is 41.1 Å². The number of fused-ring (bicyclic) bond motifs is 2. The van der Waals surface area contributed by atoms with Crippen LogP contribution in [0.5, 0.6) is 5.75 Å². The Hall–Kier alpha value is -3.22. The SMILES string of the molecule is CN(c1ccc(-c2ccc(-c3cnn(C)c(=O)c3)cc2O)nn1)C1C[C@]2(C)CC[C@](C)(C1)C2. The molecular formula is C26H31N5O2. The van der Waals surface area contributed by atoms with Crippen molar-refractivity contribution >= 4 is 5.82 Å². The van der Waals surface area contributed by atoms with E-state index in [1.807, 2.05) is 18.2 Å². The molecule has 1 N–H and O–H groups in total. The smallest absolute Gasteiger partial charge is 0.267 e. The lowest BCUT2D eigenvalue weighted by atomic mass is 9.68. The second kappa shape index (κ2) is 7.68. The van der Waals surface area contributed by atoms with E-state index in [4.69, 9.17) is 0 Å². The Morgan fingerprint density at radius 1 is 1.03 bits per heavy atom. The van der Waals surface area contributed by atoms with Gasteiger partial charge in [-0.1, -0.05) is 19.9 Å². The summed E-state index contributed by atoms with van der Waals surface area (Å²) < 4.78 is 1.27. The molecule has 2 aromatic heterocycles. The number of aromatic nitrogens is 4. The van der Waals surface area contributed by atoms with Crippen LogP contribution in [0, 0.1) is 10.8 Å². The van der Waals surface area contributed by atoms with Gasteiger partial charge >= 0.3 is 0 Å². The van der Waals surface area contributed by atoms with Crippen molar-refractivity contribution in [1.29, 1.82) is 0 Å². The van der Waals surface area contributed by atoms with E-state index in [1.54, 1.807) is 25.4 Å². The summed E-state index contributed by atoms with van der Waals surface area (Å²) in [5, 5.41) is 23.6. The maximum absolute atomic E-state index is 11.9. The first-order valence-electron chi connectivity index (χ1n) is 11.6. The molecule has 3 atom stereocenters. The van der Waals surface area contributed by atoms with Crippen LogP contribution in [0.15, 0.2) is 47.4 Å². The third-order valence-electron chi connectivity index (χ3n) is 7.78. The summed E-state index contributed by atoms with van der Waals surface area (Å²) in [5.41, 5.74) is 3.27. The highest BCUT2D eigenvalue weighted by molar-refractivity contribution is 5.74. The summed E-state index contributed by atoms with van der Waals surface area (Å²) in [5.74, 6) is 0.952. The molecule has 1 aromatic carbocycles. The third-order valence-corrected chi connectivity index (χ3v) is 7.78. The van der Waals surface area contributed by atoms with Gasteiger partial charge in [0.25, 0.3) is 5.56 Å². The van der Waals surface area contributed by atoms with Crippen LogP contribution in [0.2, 0.25) is 0 Å². The predicted octanol–water partition coefficient (Wildman–Crippen LogP) is 4.41. The minimum Gasteiger partial charge on any atom is -0.507 e. The van der Waals surface area contributed by atoms with Crippen molar-refractivity contribution in [3.63, 3.8) is 0 Å². The highest BCUT2D eigenvalue weighted by atomic mass is 16.3. The van der Waals surface area contributed by atoms with Gasteiger partial charge < -0.3 is 10.0 Å². The number of hydrogen-bond donors (Lipinski definition) is 1. The van der Waals surface area contributed by atoms with E-state index < -0.39 is 0 Å². The molecule has 2 heterocycles. The molecule has 0 spiro atoms. The summed E-state index contributed by atoms with van der Waals surface area (Å²) in [6, 6.07) is 11.2. The number of aromatic hydroxyl groups is 1. The molecule has 0 saturated heterocycles. The Balaban J connectivity index is 1.36. The van der Waals surface area contributed by atoms with Crippen molar-refractivity contribution < 1.29 is 5.11 Å². The lowest BCUT2D eigenvalue weighted by Crippen LogP contribution is -2.42. The van der Waals surface area contributed by atoms with Crippen LogP contribution in [0.1, 0.15) is 46.0 Å². The van der Waals surface area contributed by atoms with Crippen molar-refractivity contribution in [2.45, 2.75) is 52.0 Å². The predicted molar refractivity (Wildman–Crippen MR) is 129 cm³/mol. The normalized spacial score (nSPS) is 26.4. The van der Waals surface area contributed by atoms with E-state index in [-0.39, 0.29) is 11.3 Å². The number of aryl methyl sites for hydroxylation is 1. The number of phenolic OH excluding ortho intramolecular Hbond substituents is 1. The number of benzene rings is 1. The van der Waals surface area contributed by atoms with E-state index >= 15 is 0 Å². The Morgan fingerprint density at radius 2 is 1.76 bits per heavy atom. The topological polar surface area (TPSA) is 84.1 Å². The minimum absolute atomic E-state index is 0.0910. The van der Waals surface area contributed by atoms with E-state index in [0.29, 0.717) is 33.7 Å². The van der Waals surface area contributed by atoms with Crippen LogP contribution in [-0.2, 0) is 7.05 Å². The number of rotatable bonds is 4. The van der Waals surface area contributed by atoms with E-state index in [9.17, 15) is 9.90 Å². The summed E-state index contributed by atoms with van der Waals surface area (Å²) in [6.07, 6.45) is 7.98. The average Bonchev–Trinajstić information content (AvgIpc) is 3.01. The Labute approximate surface area is 194 Å². The van der Waals surface area contributed by atoms with Gasteiger partial charge in [0.05, 0.1) is 11.9 Å². The molecule has 2 aliphatic carbocycles. The van der Waals surface area contributed by atoms with E-state index in [1.165, 1.54) is 42.9 Å². The molecule has 2 aliphatic rings. The first kappa shape index (κ1) is 21.6. The molecule has 33 heavy (non-hydrogen) atoms.